The highest BCUT2D eigenvalue weighted by molar-refractivity contribution is 6.11. The molecule has 218 valence electrons. The van der Waals surface area contributed by atoms with Gasteiger partial charge >= 0.3 is 6.09 Å². The molecule has 2 aliphatic rings. The minimum absolute atomic E-state index is 0.138. The minimum Gasteiger partial charge on any atom is -0.496 e. The lowest BCUT2D eigenvalue weighted by Crippen LogP contribution is -2.51. The van der Waals surface area contributed by atoms with Crippen molar-refractivity contribution in [3.05, 3.63) is 53.6 Å². The van der Waals surface area contributed by atoms with Crippen molar-refractivity contribution >= 4 is 17.6 Å². The van der Waals surface area contributed by atoms with Crippen LogP contribution in [-0.2, 0) is 9.47 Å². The zero-order valence-electron chi connectivity index (χ0n) is 25.2. The quantitative estimate of drug-likeness (QED) is 0.373. The van der Waals surface area contributed by atoms with E-state index in [4.69, 9.17) is 18.9 Å². The van der Waals surface area contributed by atoms with Crippen molar-refractivity contribution in [1.29, 1.82) is 0 Å². The van der Waals surface area contributed by atoms with Crippen molar-refractivity contribution < 1.29 is 28.5 Å². The predicted molar refractivity (Wildman–Crippen MR) is 155 cm³/mol. The third-order valence-electron chi connectivity index (χ3n) is 7.40. The van der Waals surface area contributed by atoms with Crippen molar-refractivity contribution in [2.75, 3.05) is 38.3 Å². The first kappa shape index (κ1) is 29.7. The summed E-state index contributed by atoms with van der Waals surface area (Å²) < 4.78 is 23.2. The second-order valence-corrected chi connectivity index (χ2v) is 13.0. The number of benzene rings is 2. The standard InChI is InChI=1S/C32H44N2O6/c1-30(2,3)40-29(36)34-24(20-39-32(34,6)7)19-38-25-12-9-11-22(17-25)28(35)26-18-23(13-14-27(26)37-8)33-16-10-15-31(4,5)21-33/h9,11-14,17-18,24H,10,15-16,19-21H2,1-8H3. The van der Waals surface area contributed by atoms with E-state index in [-0.39, 0.29) is 23.8 Å². The number of carbonyl (C=O) groups excluding carboxylic acids is 2. The Hall–Kier alpha value is -3.26. The summed E-state index contributed by atoms with van der Waals surface area (Å²) in [5.41, 5.74) is 0.821. The van der Waals surface area contributed by atoms with Crippen molar-refractivity contribution in [2.24, 2.45) is 5.41 Å². The average Bonchev–Trinajstić information content (AvgIpc) is 3.19. The van der Waals surface area contributed by atoms with Gasteiger partial charge in [0.15, 0.2) is 5.78 Å². The molecule has 2 aliphatic heterocycles. The Balaban J connectivity index is 1.51. The Morgan fingerprint density at radius 3 is 2.50 bits per heavy atom. The molecule has 8 nitrogen and oxygen atoms in total. The molecular weight excluding hydrogens is 508 g/mol. The summed E-state index contributed by atoms with van der Waals surface area (Å²) in [6, 6.07) is 12.6. The van der Waals surface area contributed by atoms with Gasteiger partial charge in [-0.25, -0.2) is 4.79 Å². The average molecular weight is 553 g/mol. The second-order valence-electron chi connectivity index (χ2n) is 13.0. The Morgan fingerprint density at radius 2 is 1.82 bits per heavy atom. The monoisotopic (exact) mass is 552 g/mol. The van der Waals surface area contributed by atoms with Crippen molar-refractivity contribution in [1.82, 2.24) is 4.90 Å². The molecule has 8 heteroatoms. The van der Waals surface area contributed by atoms with Gasteiger partial charge in [-0.2, -0.15) is 0 Å². The highest BCUT2D eigenvalue weighted by Crippen LogP contribution is 2.35. The van der Waals surface area contributed by atoms with E-state index in [0.717, 1.165) is 25.2 Å². The number of ether oxygens (including phenoxy) is 4. The molecule has 0 aliphatic carbocycles. The number of amides is 1. The van der Waals surface area contributed by atoms with Gasteiger partial charge in [-0.1, -0.05) is 26.0 Å². The number of piperidine rings is 1. The molecule has 4 rings (SSSR count). The summed E-state index contributed by atoms with van der Waals surface area (Å²) in [4.78, 5) is 30.6. The molecule has 2 saturated heterocycles. The number of rotatable bonds is 7. The largest absolute Gasteiger partial charge is 0.496 e. The summed E-state index contributed by atoms with van der Waals surface area (Å²) in [6.07, 6.45) is 1.87. The zero-order valence-corrected chi connectivity index (χ0v) is 25.2. The van der Waals surface area contributed by atoms with Crippen molar-refractivity contribution in [2.45, 2.75) is 78.7 Å². The van der Waals surface area contributed by atoms with Crippen LogP contribution in [0.5, 0.6) is 11.5 Å². The smallest absolute Gasteiger partial charge is 0.413 e. The summed E-state index contributed by atoms with van der Waals surface area (Å²) >= 11 is 0. The van der Waals surface area contributed by atoms with Gasteiger partial charge in [-0.15, -0.1) is 0 Å². The zero-order chi connectivity index (χ0) is 29.3. The summed E-state index contributed by atoms with van der Waals surface area (Å²) in [5.74, 6) is 0.934. The number of carbonyl (C=O) groups is 2. The Kier molecular flexibility index (Phi) is 8.41. The maximum absolute atomic E-state index is 13.7. The fourth-order valence-electron chi connectivity index (χ4n) is 5.48. The lowest BCUT2D eigenvalue weighted by molar-refractivity contribution is -0.0637. The molecule has 0 radical (unpaired) electrons. The molecule has 2 fully saturated rings. The summed E-state index contributed by atoms with van der Waals surface area (Å²) in [7, 11) is 1.58. The number of hydrogen-bond acceptors (Lipinski definition) is 7. The van der Waals surface area contributed by atoms with Crippen LogP contribution in [0.3, 0.4) is 0 Å². The molecule has 1 amide bonds. The van der Waals surface area contributed by atoms with Gasteiger partial charge in [-0.05, 0) is 83.2 Å². The van der Waals surface area contributed by atoms with E-state index in [0.29, 0.717) is 29.2 Å². The van der Waals surface area contributed by atoms with E-state index >= 15 is 0 Å². The highest BCUT2D eigenvalue weighted by Gasteiger charge is 2.46. The van der Waals surface area contributed by atoms with Gasteiger partial charge in [0, 0.05) is 24.3 Å². The van der Waals surface area contributed by atoms with Gasteiger partial charge in [0.05, 0.1) is 25.3 Å². The van der Waals surface area contributed by atoms with Gasteiger partial charge in [0.2, 0.25) is 0 Å². The van der Waals surface area contributed by atoms with Crippen LogP contribution in [0.15, 0.2) is 42.5 Å². The topological polar surface area (TPSA) is 77.5 Å². The third-order valence-corrected chi connectivity index (χ3v) is 7.40. The van der Waals surface area contributed by atoms with E-state index in [1.165, 1.54) is 6.42 Å². The third kappa shape index (κ3) is 6.89. The van der Waals surface area contributed by atoms with Gasteiger partial charge in [-0.3, -0.25) is 9.69 Å². The molecule has 40 heavy (non-hydrogen) atoms. The van der Waals surface area contributed by atoms with Gasteiger partial charge < -0.3 is 23.8 Å². The lowest BCUT2D eigenvalue weighted by Gasteiger charge is -2.39. The molecule has 0 spiro atoms. The molecule has 0 bridgehead atoms. The van der Waals surface area contributed by atoms with Gasteiger partial charge in [0.1, 0.15) is 29.4 Å². The van der Waals surface area contributed by atoms with Crippen LogP contribution >= 0.6 is 0 Å². The molecule has 0 saturated carbocycles. The van der Waals surface area contributed by atoms with Crippen LogP contribution in [0, 0.1) is 5.41 Å². The van der Waals surface area contributed by atoms with E-state index in [9.17, 15) is 9.59 Å². The van der Waals surface area contributed by atoms with E-state index < -0.39 is 17.4 Å². The van der Waals surface area contributed by atoms with Crippen molar-refractivity contribution in [3.63, 3.8) is 0 Å². The van der Waals surface area contributed by atoms with Crippen LogP contribution < -0.4 is 14.4 Å². The molecule has 0 N–H and O–H groups in total. The number of methoxy groups -OCH3 is 1. The first-order chi connectivity index (χ1) is 18.7. The number of ketones is 1. The Morgan fingerprint density at radius 1 is 1.07 bits per heavy atom. The van der Waals surface area contributed by atoms with E-state index in [1.54, 1.807) is 36.3 Å². The Bertz CT molecular complexity index is 1230. The SMILES string of the molecule is COc1ccc(N2CCCC(C)(C)C2)cc1C(=O)c1cccc(OCC2COC(C)(C)N2C(=O)OC(C)(C)C)c1. The number of nitrogens with zero attached hydrogens (tertiary/aromatic N) is 2. The van der Waals surface area contributed by atoms with E-state index in [1.807, 2.05) is 52.8 Å². The summed E-state index contributed by atoms with van der Waals surface area (Å²) in [6.45, 7) is 16.2. The number of hydrogen-bond donors (Lipinski definition) is 0. The van der Waals surface area contributed by atoms with Crippen LogP contribution in [0.25, 0.3) is 0 Å². The lowest BCUT2D eigenvalue weighted by atomic mass is 9.84. The normalized spacial score (nSPS) is 20.2. The molecule has 2 aromatic carbocycles. The minimum atomic E-state index is -0.820. The summed E-state index contributed by atoms with van der Waals surface area (Å²) in [5, 5.41) is 0. The van der Waals surface area contributed by atoms with Crippen LogP contribution in [-0.4, -0.2) is 67.6 Å². The molecule has 0 aromatic heterocycles. The van der Waals surface area contributed by atoms with Crippen LogP contribution in [0.2, 0.25) is 0 Å². The maximum Gasteiger partial charge on any atom is 0.413 e. The molecule has 2 heterocycles. The molecule has 1 unspecified atom stereocenters. The first-order valence-corrected chi connectivity index (χ1v) is 14.1. The first-order valence-electron chi connectivity index (χ1n) is 14.1. The van der Waals surface area contributed by atoms with Crippen molar-refractivity contribution in [3.8, 4) is 11.5 Å². The van der Waals surface area contributed by atoms with E-state index in [2.05, 4.69) is 18.7 Å². The number of anilines is 1. The van der Waals surface area contributed by atoms with Crippen LogP contribution in [0.1, 0.15) is 77.2 Å². The van der Waals surface area contributed by atoms with Crippen LogP contribution in [0.4, 0.5) is 10.5 Å². The molecule has 2 aromatic rings. The second kappa shape index (κ2) is 11.3. The Labute approximate surface area is 238 Å². The predicted octanol–water partition coefficient (Wildman–Crippen LogP) is 6.30. The fourth-order valence-corrected chi connectivity index (χ4v) is 5.48. The molecule has 1 atom stereocenters. The fraction of sp³-hybridized carbons (Fsp3) is 0.562. The van der Waals surface area contributed by atoms with Gasteiger partial charge in [0.25, 0.3) is 0 Å². The highest BCUT2D eigenvalue weighted by atomic mass is 16.6. The maximum atomic E-state index is 13.7. The molecular formula is C32H44N2O6.